The average molecular weight is 316 g/mol. The van der Waals surface area contributed by atoms with Crippen LogP contribution in [0.15, 0.2) is 48.5 Å². The number of nitrogens with two attached hydrogens (primary N) is 2. The SMILES string of the molecule is Nc1ccc(C(=O)OCCOOC(=O)c2ccc(N)cc2)cc1. The molecule has 0 amide bonds. The highest BCUT2D eigenvalue weighted by Gasteiger charge is 2.09. The highest BCUT2D eigenvalue weighted by atomic mass is 17.2. The van der Waals surface area contributed by atoms with Crippen molar-refractivity contribution in [2.24, 2.45) is 0 Å². The number of carbonyl (C=O) groups is 2. The Balaban J connectivity index is 1.67. The summed E-state index contributed by atoms with van der Waals surface area (Å²) < 4.78 is 4.96. The largest absolute Gasteiger partial charge is 0.459 e. The molecule has 0 radical (unpaired) electrons. The molecular formula is C16H16N2O5. The number of anilines is 2. The molecule has 4 N–H and O–H groups in total. The maximum absolute atomic E-state index is 11.7. The minimum Gasteiger partial charge on any atom is -0.459 e. The highest BCUT2D eigenvalue weighted by molar-refractivity contribution is 5.90. The predicted octanol–water partition coefficient (Wildman–Crippen LogP) is 1.80. The molecule has 0 bridgehead atoms. The molecule has 0 saturated heterocycles. The summed E-state index contributed by atoms with van der Waals surface area (Å²) in [5.74, 6) is -1.17. The quantitative estimate of drug-likeness (QED) is 0.274. The smallest absolute Gasteiger partial charge is 0.373 e. The zero-order valence-electron chi connectivity index (χ0n) is 12.2. The van der Waals surface area contributed by atoms with Crippen molar-refractivity contribution in [1.29, 1.82) is 0 Å². The monoisotopic (exact) mass is 316 g/mol. The molecule has 0 heterocycles. The lowest BCUT2D eigenvalue weighted by Crippen LogP contribution is -2.13. The van der Waals surface area contributed by atoms with Gasteiger partial charge in [-0.25, -0.2) is 9.59 Å². The summed E-state index contributed by atoms with van der Waals surface area (Å²) in [6.45, 7) is -0.139. The second-order valence-electron chi connectivity index (χ2n) is 4.57. The normalized spacial score (nSPS) is 10.1. The Morgan fingerprint density at radius 2 is 1.22 bits per heavy atom. The van der Waals surface area contributed by atoms with Gasteiger partial charge >= 0.3 is 11.9 Å². The summed E-state index contributed by atoms with van der Waals surface area (Å²) in [6.07, 6.45) is 0. The Morgan fingerprint density at radius 3 is 1.74 bits per heavy atom. The van der Waals surface area contributed by atoms with Gasteiger partial charge in [0.05, 0.1) is 11.1 Å². The molecule has 2 aromatic carbocycles. The second-order valence-corrected chi connectivity index (χ2v) is 4.57. The second kappa shape index (κ2) is 7.81. The van der Waals surface area contributed by atoms with Gasteiger partial charge in [-0.1, -0.05) is 0 Å². The first-order valence-corrected chi connectivity index (χ1v) is 6.78. The van der Waals surface area contributed by atoms with Crippen LogP contribution in [-0.4, -0.2) is 25.2 Å². The Morgan fingerprint density at radius 1 is 0.739 bits per heavy atom. The van der Waals surface area contributed by atoms with Crippen molar-refractivity contribution in [3.05, 3.63) is 59.7 Å². The standard InChI is InChI=1S/C16H16N2O5/c17-13-5-1-11(2-6-13)15(19)21-9-10-22-23-16(20)12-3-7-14(18)8-4-12/h1-8H,9-10,17-18H2. The number of carbonyl (C=O) groups excluding carboxylic acids is 2. The zero-order chi connectivity index (χ0) is 16.7. The van der Waals surface area contributed by atoms with Gasteiger partial charge in [0.15, 0.2) is 0 Å². The van der Waals surface area contributed by atoms with Crippen LogP contribution in [0.25, 0.3) is 0 Å². The van der Waals surface area contributed by atoms with Crippen LogP contribution < -0.4 is 11.5 Å². The lowest BCUT2D eigenvalue weighted by Gasteiger charge is -2.06. The van der Waals surface area contributed by atoms with Crippen molar-refractivity contribution in [2.75, 3.05) is 24.7 Å². The molecule has 0 aliphatic rings. The lowest BCUT2D eigenvalue weighted by atomic mass is 10.2. The van der Waals surface area contributed by atoms with Crippen molar-refractivity contribution in [3.63, 3.8) is 0 Å². The van der Waals surface area contributed by atoms with E-state index in [1.807, 2.05) is 0 Å². The molecule has 0 aliphatic heterocycles. The Hall–Kier alpha value is -3.06. The summed E-state index contributed by atoms with van der Waals surface area (Å²) in [6, 6.07) is 12.5. The van der Waals surface area contributed by atoms with Gasteiger partial charge in [0.2, 0.25) is 0 Å². The third kappa shape index (κ3) is 5.01. The van der Waals surface area contributed by atoms with Crippen molar-refractivity contribution in [1.82, 2.24) is 0 Å². The maximum atomic E-state index is 11.7. The maximum Gasteiger partial charge on any atom is 0.373 e. The van der Waals surface area contributed by atoms with Crippen molar-refractivity contribution in [2.45, 2.75) is 0 Å². The number of hydrogen-bond donors (Lipinski definition) is 2. The van der Waals surface area contributed by atoms with Crippen LogP contribution in [-0.2, 0) is 14.5 Å². The highest BCUT2D eigenvalue weighted by Crippen LogP contribution is 2.08. The minimum atomic E-state index is -0.658. The molecule has 0 saturated carbocycles. The van der Waals surface area contributed by atoms with E-state index in [-0.39, 0.29) is 13.2 Å². The van der Waals surface area contributed by atoms with Crippen molar-refractivity contribution >= 4 is 23.3 Å². The van der Waals surface area contributed by atoms with Crippen LogP contribution in [0.4, 0.5) is 11.4 Å². The van der Waals surface area contributed by atoms with Gasteiger partial charge < -0.3 is 16.2 Å². The molecule has 120 valence electrons. The zero-order valence-corrected chi connectivity index (χ0v) is 12.2. The fourth-order valence-corrected chi connectivity index (χ4v) is 1.63. The number of esters is 1. The van der Waals surface area contributed by atoms with Crippen LogP contribution in [0, 0.1) is 0 Å². The number of nitrogen functional groups attached to an aromatic ring is 2. The summed E-state index contributed by atoms with van der Waals surface area (Å²) in [7, 11) is 0. The van der Waals surface area contributed by atoms with Gasteiger partial charge in [-0.2, -0.15) is 4.89 Å². The van der Waals surface area contributed by atoms with Crippen molar-refractivity contribution < 1.29 is 24.1 Å². The summed E-state index contributed by atoms with van der Waals surface area (Å²) >= 11 is 0. The van der Waals surface area contributed by atoms with Crippen LogP contribution in [0.2, 0.25) is 0 Å². The van der Waals surface area contributed by atoms with Crippen molar-refractivity contribution in [3.8, 4) is 0 Å². The van der Waals surface area contributed by atoms with E-state index in [2.05, 4.69) is 4.89 Å². The molecule has 0 atom stereocenters. The first kappa shape index (κ1) is 16.3. The van der Waals surface area contributed by atoms with E-state index in [0.717, 1.165) is 0 Å². The fraction of sp³-hybridized carbons (Fsp3) is 0.125. The van der Waals surface area contributed by atoms with Gasteiger partial charge in [0.1, 0.15) is 13.2 Å². The van der Waals surface area contributed by atoms with E-state index in [4.69, 9.17) is 21.1 Å². The van der Waals surface area contributed by atoms with Gasteiger partial charge in [-0.15, -0.1) is 0 Å². The number of hydrogen-bond acceptors (Lipinski definition) is 7. The van der Waals surface area contributed by atoms with Gasteiger partial charge in [0.25, 0.3) is 0 Å². The topological polar surface area (TPSA) is 114 Å². The molecule has 23 heavy (non-hydrogen) atoms. The van der Waals surface area contributed by atoms with E-state index in [1.165, 1.54) is 12.1 Å². The average Bonchev–Trinajstić information content (AvgIpc) is 2.55. The minimum absolute atomic E-state index is 0.0573. The predicted molar refractivity (Wildman–Crippen MR) is 83.4 cm³/mol. The molecule has 0 unspecified atom stereocenters. The van der Waals surface area contributed by atoms with E-state index < -0.39 is 11.9 Å². The number of benzene rings is 2. The molecule has 0 aromatic heterocycles. The molecule has 0 spiro atoms. The van der Waals surface area contributed by atoms with Crippen LogP contribution >= 0.6 is 0 Å². The molecule has 2 rings (SSSR count). The third-order valence-electron chi connectivity index (χ3n) is 2.83. The first-order chi connectivity index (χ1) is 11.1. The third-order valence-corrected chi connectivity index (χ3v) is 2.83. The van der Waals surface area contributed by atoms with E-state index in [9.17, 15) is 9.59 Å². The number of ether oxygens (including phenoxy) is 1. The van der Waals surface area contributed by atoms with E-state index >= 15 is 0 Å². The Labute approximate surface area is 132 Å². The molecule has 0 fully saturated rings. The Kier molecular flexibility index (Phi) is 5.54. The molecule has 0 aliphatic carbocycles. The first-order valence-electron chi connectivity index (χ1n) is 6.78. The van der Waals surface area contributed by atoms with E-state index in [0.29, 0.717) is 22.5 Å². The van der Waals surface area contributed by atoms with Crippen LogP contribution in [0.3, 0.4) is 0 Å². The van der Waals surface area contributed by atoms with E-state index in [1.54, 1.807) is 36.4 Å². The summed E-state index contributed by atoms with van der Waals surface area (Å²) in [5.41, 5.74) is 12.8. The molecule has 7 nitrogen and oxygen atoms in total. The Bertz CT molecular complexity index is 608. The summed E-state index contributed by atoms with van der Waals surface area (Å²) in [4.78, 5) is 32.6. The van der Waals surface area contributed by atoms with Crippen LogP contribution in [0.5, 0.6) is 0 Å². The van der Waals surface area contributed by atoms with Gasteiger partial charge in [-0.3, -0.25) is 4.89 Å². The van der Waals surface area contributed by atoms with Crippen LogP contribution in [0.1, 0.15) is 20.7 Å². The fourth-order valence-electron chi connectivity index (χ4n) is 1.63. The number of rotatable bonds is 6. The van der Waals surface area contributed by atoms with Gasteiger partial charge in [0, 0.05) is 11.4 Å². The molecule has 2 aromatic rings. The van der Waals surface area contributed by atoms with Gasteiger partial charge in [-0.05, 0) is 48.5 Å². The summed E-state index contributed by atoms with van der Waals surface area (Å²) in [5, 5.41) is 0. The molecule has 7 heteroatoms. The molecular weight excluding hydrogens is 300 g/mol. The lowest BCUT2D eigenvalue weighted by molar-refractivity contribution is -0.244.